The van der Waals surface area contributed by atoms with Gasteiger partial charge in [0.25, 0.3) is 0 Å². The predicted octanol–water partition coefficient (Wildman–Crippen LogP) is 0.939. The highest BCUT2D eigenvalue weighted by Crippen LogP contribution is 2.28. The summed E-state index contributed by atoms with van der Waals surface area (Å²) < 4.78 is 1.68. The lowest BCUT2D eigenvalue weighted by Gasteiger charge is -2.07. The first-order valence-corrected chi connectivity index (χ1v) is 5.85. The molecule has 4 N–H and O–H groups in total. The van der Waals surface area contributed by atoms with Gasteiger partial charge in [0.1, 0.15) is 5.69 Å². The number of hydrogen-bond donors (Lipinski definition) is 3. The van der Waals surface area contributed by atoms with Crippen LogP contribution in [-0.2, 0) is 6.54 Å². The Bertz CT molecular complexity index is 638. The zero-order valence-electron chi connectivity index (χ0n) is 11.0. The van der Waals surface area contributed by atoms with Gasteiger partial charge in [0.05, 0.1) is 4.92 Å². The smallest absolute Gasteiger partial charge is 0.318 e. The highest BCUT2D eigenvalue weighted by Gasteiger charge is 2.22. The second-order valence-corrected chi connectivity index (χ2v) is 3.91. The Morgan fingerprint density at radius 1 is 1.50 bits per heavy atom. The molecule has 0 aromatic carbocycles. The van der Waals surface area contributed by atoms with Gasteiger partial charge in [0, 0.05) is 18.8 Å². The third-order valence-electron chi connectivity index (χ3n) is 2.58. The van der Waals surface area contributed by atoms with E-state index in [1.54, 1.807) is 16.9 Å². The quantitative estimate of drug-likeness (QED) is 0.417. The molecule has 10 nitrogen and oxygen atoms in total. The van der Waals surface area contributed by atoms with Gasteiger partial charge in [-0.3, -0.25) is 20.2 Å². The van der Waals surface area contributed by atoms with Crippen LogP contribution in [0.2, 0.25) is 0 Å². The summed E-state index contributed by atoms with van der Waals surface area (Å²) in [5.41, 5.74) is 2.26. The molecule has 0 fully saturated rings. The van der Waals surface area contributed by atoms with E-state index in [1.807, 2.05) is 6.92 Å². The lowest BCUT2D eigenvalue weighted by molar-refractivity contribution is -0.385. The summed E-state index contributed by atoms with van der Waals surface area (Å²) in [5.74, 6) is 5.82. The van der Waals surface area contributed by atoms with Crippen molar-refractivity contribution in [3.8, 4) is 0 Å². The van der Waals surface area contributed by atoms with E-state index in [9.17, 15) is 10.1 Å². The second-order valence-electron chi connectivity index (χ2n) is 3.91. The SMILES string of the molecule is CCn1ccc(Nc2nc(NN)nc(C)c2[N+](=O)[O-])n1. The Hall–Kier alpha value is -2.75. The molecule has 0 atom stereocenters. The number of aromatic nitrogens is 4. The fourth-order valence-electron chi connectivity index (χ4n) is 1.66. The molecule has 0 saturated heterocycles. The zero-order chi connectivity index (χ0) is 14.7. The second kappa shape index (κ2) is 5.48. The molecule has 0 amide bonds. The number of nitrogens with two attached hydrogens (primary N) is 1. The molecule has 0 aliphatic heterocycles. The Kier molecular flexibility index (Phi) is 3.75. The molecule has 10 heteroatoms. The van der Waals surface area contributed by atoms with Crippen LogP contribution < -0.4 is 16.6 Å². The van der Waals surface area contributed by atoms with Gasteiger partial charge in [-0.05, 0) is 13.8 Å². The maximum atomic E-state index is 11.1. The molecule has 2 aromatic rings. The van der Waals surface area contributed by atoms with E-state index in [4.69, 9.17) is 5.84 Å². The third kappa shape index (κ3) is 2.64. The number of nitro groups is 1. The van der Waals surface area contributed by atoms with Crippen molar-refractivity contribution >= 4 is 23.3 Å². The summed E-state index contributed by atoms with van der Waals surface area (Å²) in [6.45, 7) is 4.14. The molecule has 2 rings (SSSR count). The molecule has 2 heterocycles. The number of nitrogens with one attached hydrogen (secondary N) is 2. The van der Waals surface area contributed by atoms with Gasteiger partial charge in [-0.2, -0.15) is 10.1 Å². The molecule has 106 valence electrons. The molecule has 2 aromatic heterocycles. The van der Waals surface area contributed by atoms with Gasteiger partial charge in [0.2, 0.25) is 11.8 Å². The molecule has 0 saturated carbocycles. The highest BCUT2D eigenvalue weighted by molar-refractivity contribution is 5.66. The van der Waals surface area contributed by atoms with E-state index in [-0.39, 0.29) is 23.1 Å². The first-order chi connectivity index (χ1) is 9.55. The molecule has 0 aliphatic rings. The maximum Gasteiger partial charge on any atom is 0.332 e. The first-order valence-electron chi connectivity index (χ1n) is 5.85. The average molecular weight is 278 g/mol. The first kappa shape index (κ1) is 13.7. The standard InChI is InChI=1S/C10H14N8O2/c1-3-17-5-4-7(16-17)13-9-8(18(19)20)6(2)12-10(14-9)15-11/h4-5H,3,11H2,1-2H3,(H2,12,13,14,15,16). The van der Waals surface area contributed by atoms with Gasteiger partial charge in [-0.1, -0.05) is 0 Å². The summed E-state index contributed by atoms with van der Waals surface area (Å²) in [6, 6.07) is 1.69. The van der Waals surface area contributed by atoms with Crippen LogP contribution in [0.15, 0.2) is 12.3 Å². The summed E-state index contributed by atoms with van der Waals surface area (Å²) in [7, 11) is 0. The summed E-state index contributed by atoms with van der Waals surface area (Å²) in [5, 5.41) is 18.1. The summed E-state index contributed by atoms with van der Waals surface area (Å²) in [4.78, 5) is 18.4. The number of anilines is 3. The Labute approximate surface area is 114 Å². The topological polar surface area (TPSA) is 137 Å². The van der Waals surface area contributed by atoms with Gasteiger partial charge in [0.15, 0.2) is 5.82 Å². The number of rotatable bonds is 5. The Morgan fingerprint density at radius 2 is 2.25 bits per heavy atom. The monoisotopic (exact) mass is 278 g/mol. The molecule has 0 aliphatic carbocycles. The van der Waals surface area contributed by atoms with Gasteiger partial charge >= 0.3 is 5.69 Å². The molecule has 0 unspecified atom stereocenters. The van der Waals surface area contributed by atoms with Crippen molar-refractivity contribution < 1.29 is 4.92 Å². The van der Waals surface area contributed by atoms with Crippen LogP contribution in [-0.4, -0.2) is 24.7 Å². The van der Waals surface area contributed by atoms with E-state index in [0.717, 1.165) is 0 Å². The Morgan fingerprint density at radius 3 is 2.80 bits per heavy atom. The lowest BCUT2D eigenvalue weighted by Crippen LogP contribution is -2.13. The molecular formula is C10H14N8O2. The van der Waals surface area contributed by atoms with E-state index in [2.05, 4.69) is 25.8 Å². The van der Waals surface area contributed by atoms with E-state index >= 15 is 0 Å². The fraction of sp³-hybridized carbons (Fsp3) is 0.300. The van der Waals surface area contributed by atoms with E-state index in [0.29, 0.717) is 12.4 Å². The van der Waals surface area contributed by atoms with E-state index in [1.165, 1.54) is 6.92 Å². The summed E-state index contributed by atoms with van der Waals surface area (Å²) >= 11 is 0. The molecule has 20 heavy (non-hydrogen) atoms. The minimum Gasteiger partial charge on any atom is -0.318 e. The van der Waals surface area contributed by atoms with Crippen molar-refractivity contribution in [3.05, 3.63) is 28.1 Å². The lowest BCUT2D eigenvalue weighted by atomic mass is 10.3. The van der Waals surface area contributed by atoms with Crippen LogP contribution in [0.25, 0.3) is 0 Å². The number of aryl methyl sites for hydroxylation is 2. The third-order valence-corrected chi connectivity index (χ3v) is 2.58. The molecule has 0 radical (unpaired) electrons. The molecule has 0 bridgehead atoms. The molecule has 0 spiro atoms. The van der Waals surface area contributed by atoms with Gasteiger partial charge < -0.3 is 5.32 Å². The largest absolute Gasteiger partial charge is 0.332 e. The van der Waals surface area contributed by atoms with Gasteiger partial charge in [-0.25, -0.2) is 10.8 Å². The summed E-state index contributed by atoms with van der Waals surface area (Å²) in [6.07, 6.45) is 1.75. The average Bonchev–Trinajstić information content (AvgIpc) is 2.85. The van der Waals surface area contributed by atoms with Crippen LogP contribution in [0.1, 0.15) is 12.6 Å². The Balaban J connectivity index is 2.42. The zero-order valence-corrected chi connectivity index (χ0v) is 11.0. The minimum absolute atomic E-state index is 0.0387. The normalized spacial score (nSPS) is 10.3. The van der Waals surface area contributed by atoms with Crippen molar-refractivity contribution in [1.82, 2.24) is 19.7 Å². The number of nitrogen functional groups attached to an aromatic ring is 1. The fourth-order valence-corrected chi connectivity index (χ4v) is 1.66. The molecular weight excluding hydrogens is 264 g/mol. The van der Waals surface area contributed by atoms with Crippen molar-refractivity contribution in [2.24, 2.45) is 5.84 Å². The number of hydrazine groups is 1. The number of nitrogens with zero attached hydrogens (tertiary/aromatic N) is 5. The van der Waals surface area contributed by atoms with Crippen molar-refractivity contribution in [2.45, 2.75) is 20.4 Å². The van der Waals surface area contributed by atoms with Crippen molar-refractivity contribution in [2.75, 3.05) is 10.7 Å². The van der Waals surface area contributed by atoms with Crippen LogP contribution in [0.3, 0.4) is 0 Å². The van der Waals surface area contributed by atoms with E-state index < -0.39 is 4.92 Å². The van der Waals surface area contributed by atoms with Crippen LogP contribution in [0.4, 0.5) is 23.3 Å². The van der Waals surface area contributed by atoms with Crippen LogP contribution in [0.5, 0.6) is 0 Å². The van der Waals surface area contributed by atoms with Crippen LogP contribution >= 0.6 is 0 Å². The van der Waals surface area contributed by atoms with Gasteiger partial charge in [-0.15, -0.1) is 0 Å². The van der Waals surface area contributed by atoms with Crippen molar-refractivity contribution in [1.29, 1.82) is 0 Å². The maximum absolute atomic E-state index is 11.1. The number of hydrogen-bond acceptors (Lipinski definition) is 8. The predicted molar refractivity (Wildman–Crippen MR) is 72.4 cm³/mol. The van der Waals surface area contributed by atoms with Crippen molar-refractivity contribution in [3.63, 3.8) is 0 Å². The minimum atomic E-state index is -0.547. The highest BCUT2D eigenvalue weighted by atomic mass is 16.6. The van der Waals surface area contributed by atoms with Crippen LogP contribution in [0, 0.1) is 17.0 Å².